The monoisotopic (exact) mass is 260 g/mol. The molecule has 1 aromatic carbocycles. The third-order valence-corrected chi connectivity index (χ3v) is 3.88. The number of thioether (sulfide) groups is 1. The maximum Gasteiger partial charge on any atom is 0.147 e. The fourth-order valence-electron chi connectivity index (χ4n) is 1.72. The van der Waals surface area contributed by atoms with E-state index in [2.05, 4.69) is 24.2 Å². The van der Waals surface area contributed by atoms with Gasteiger partial charge in [-0.3, -0.25) is 9.48 Å². The van der Waals surface area contributed by atoms with Crippen LogP contribution in [0.1, 0.15) is 11.1 Å². The molecule has 0 radical (unpaired) electrons. The molecule has 18 heavy (non-hydrogen) atoms. The molecule has 0 unspecified atom stereocenters. The van der Waals surface area contributed by atoms with E-state index >= 15 is 0 Å². The fourth-order valence-corrected chi connectivity index (χ4v) is 2.61. The van der Waals surface area contributed by atoms with Gasteiger partial charge in [0.2, 0.25) is 0 Å². The van der Waals surface area contributed by atoms with E-state index in [0.717, 1.165) is 5.56 Å². The molecule has 0 bridgehead atoms. The maximum atomic E-state index is 11.8. The van der Waals surface area contributed by atoms with Crippen LogP contribution in [0.4, 0.5) is 0 Å². The van der Waals surface area contributed by atoms with Crippen LogP contribution in [-0.2, 0) is 18.3 Å². The summed E-state index contributed by atoms with van der Waals surface area (Å²) in [5, 5.41) is 4.06. The molecule has 0 amide bonds. The Bertz CT molecular complexity index is 548. The molecule has 4 heteroatoms. The largest absolute Gasteiger partial charge is 0.298 e. The van der Waals surface area contributed by atoms with Gasteiger partial charge in [-0.15, -0.1) is 11.8 Å². The third kappa shape index (κ3) is 3.47. The second kappa shape index (κ2) is 5.87. The first-order chi connectivity index (χ1) is 8.65. The lowest BCUT2D eigenvalue weighted by molar-refractivity contribution is -0.116. The van der Waals surface area contributed by atoms with E-state index in [4.69, 9.17) is 0 Å². The zero-order valence-corrected chi connectivity index (χ0v) is 11.4. The number of carbonyl (C=O) groups is 1. The summed E-state index contributed by atoms with van der Waals surface area (Å²) in [6.45, 7) is 2.06. The van der Waals surface area contributed by atoms with Gasteiger partial charge in [0, 0.05) is 24.6 Å². The van der Waals surface area contributed by atoms with Gasteiger partial charge in [0.25, 0.3) is 0 Å². The van der Waals surface area contributed by atoms with Gasteiger partial charge in [-0.1, -0.05) is 18.2 Å². The Morgan fingerprint density at radius 2 is 2.17 bits per heavy atom. The number of nitrogens with zero attached hydrogens (tertiary/aromatic N) is 2. The van der Waals surface area contributed by atoms with Crippen LogP contribution in [-0.4, -0.2) is 21.3 Å². The zero-order chi connectivity index (χ0) is 13.0. The molecule has 0 atom stereocenters. The molecule has 0 saturated heterocycles. The molecule has 1 heterocycles. The molecule has 0 aliphatic heterocycles. The highest BCUT2D eigenvalue weighted by molar-refractivity contribution is 8.00. The molecule has 2 aromatic rings. The number of hydrogen-bond acceptors (Lipinski definition) is 3. The fraction of sp³-hybridized carbons (Fsp3) is 0.286. The van der Waals surface area contributed by atoms with Crippen molar-refractivity contribution in [2.75, 3.05) is 5.75 Å². The lowest BCUT2D eigenvalue weighted by Crippen LogP contribution is -2.05. The molecule has 3 nitrogen and oxygen atoms in total. The molecule has 1 aromatic heterocycles. The van der Waals surface area contributed by atoms with Crippen molar-refractivity contribution in [1.82, 2.24) is 9.78 Å². The summed E-state index contributed by atoms with van der Waals surface area (Å²) < 4.78 is 1.72. The Hall–Kier alpha value is -1.55. The van der Waals surface area contributed by atoms with Gasteiger partial charge < -0.3 is 0 Å². The minimum Gasteiger partial charge on any atom is -0.298 e. The number of aromatic nitrogens is 2. The van der Waals surface area contributed by atoms with Crippen molar-refractivity contribution in [3.05, 3.63) is 47.8 Å². The quantitative estimate of drug-likeness (QED) is 0.775. The van der Waals surface area contributed by atoms with Crippen LogP contribution >= 0.6 is 11.8 Å². The van der Waals surface area contributed by atoms with Crippen LogP contribution in [0.25, 0.3) is 0 Å². The van der Waals surface area contributed by atoms with Crippen molar-refractivity contribution in [2.24, 2.45) is 7.05 Å². The van der Waals surface area contributed by atoms with E-state index in [1.807, 2.05) is 25.4 Å². The van der Waals surface area contributed by atoms with Crippen molar-refractivity contribution in [3.63, 3.8) is 0 Å². The van der Waals surface area contributed by atoms with Gasteiger partial charge in [-0.25, -0.2) is 0 Å². The Balaban J connectivity index is 1.87. The first-order valence-electron chi connectivity index (χ1n) is 5.83. The predicted octanol–water partition coefficient (Wildman–Crippen LogP) is 2.63. The minimum atomic E-state index is 0.233. The molecule has 0 N–H and O–H groups in total. The number of carbonyl (C=O) groups excluding carboxylic acids is 1. The van der Waals surface area contributed by atoms with E-state index < -0.39 is 0 Å². The second-order valence-corrected chi connectivity index (χ2v) is 5.31. The van der Waals surface area contributed by atoms with Crippen molar-refractivity contribution in [3.8, 4) is 0 Å². The summed E-state index contributed by atoms with van der Waals surface area (Å²) in [6.07, 6.45) is 4.10. The average Bonchev–Trinajstić information content (AvgIpc) is 2.74. The average molecular weight is 260 g/mol. The molecule has 0 saturated carbocycles. The molecular formula is C14H16N2OS. The molecule has 2 rings (SSSR count). The van der Waals surface area contributed by atoms with Gasteiger partial charge >= 0.3 is 0 Å². The first kappa shape index (κ1) is 12.9. The molecule has 0 aliphatic rings. The van der Waals surface area contributed by atoms with Crippen LogP contribution in [0.2, 0.25) is 0 Å². The summed E-state index contributed by atoms with van der Waals surface area (Å²) in [6, 6.07) is 8.13. The number of aryl methyl sites for hydroxylation is 2. The van der Waals surface area contributed by atoms with Crippen LogP contribution in [0.15, 0.2) is 41.6 Å². The molecule has 0 spiro atoms. The van der Waals surface area contributed by atoms with Gasteiger partial charge in [-0.05, 0) is 24.1 Å². The van der Waals surface area contributed by atoms with Crippen molar-refractivity contribution in [1.29, 1.82) is 0 Å². The van der Waals surface area contributed by atoms with Gasteiger partial charge in [0.15, 0.2) is 0 Å². The molecular weight excluding hydrogens is 244 g/mol. The van der Waals surface area contributed by atoms with E-state index in [1.54, 1.807) is 22.6 Å². The second-order valence-electron chi connectivity index (χ2n) is 4.29. The van der Waals surface area contributed by atoms with Crippen LogP contribution < -0.4 is 0 Å². The van der Waals surface area contributed by atoms with Crippen molar-refractivity contribution >= 4 is 17.5 Å². The summed E-state index contributed by atoms with van der Waals surface area (Å²) in [7, 11) is 1.86. The zero-order valence-electron chi connectivity index (χ0n) is 10.6. The van der Waals surface area contributed by atoms with Crippen LogP contribution in [0, 0.1) is 6.92 Å². The van der Waals surface area contributed by atoms with Crippen molar-refractivity contribution < 1.29 is 4.79 Å². The molecule has 0 aliphatic carbocycles. The number of Topliss-reactive ketones (excluding diaryl/α,β-unsaturated/α-hetero) is 1. The Morgan fingerprint density at radius 1 is 1.39 bits per heavy atom. The highest BCUT2D eigenvalue weighted by Gasteiger charge is 2.07. The normalized spacial score (nSPS) is 10.6. The number of benzene rings is 1. The SMILES string of the molecule is Cc1ccccc1SCC(=O)Cc1cnn(C)c1. The third-order valence-electron chi connectivity index (χ3n) is 2.64. The number of ketones is 1. The van der Waals surface area contributed by atoms with Crippen molar-refractivity contribution in [2.45, 2.75) is 18.2 Å². The van der Waals surface area contributed by atoms with Crippen LogP contribution in [0.3, 0.4) is 0 Å². The summed E-state index contributed by atoms with van der Waals surface area (Å²) in [5.74, 6) is 0.746. The number of hydrogen-bond donors (Lipinski definition) is 0. The predicted molar refractivity (Wildman–Crippen MR) is 73.8 cm³/mol. The molecule has 0 fully saturated rings. The number of rotatable bonds is 5. The highest BCUT2D eigenvalue weighted by Crippen LogP contribution is 2.21. The maximum absolute atomic E-state index is 11.8. The lowest BCUT2D eigenvalue weighted by atomic mass is 10.2. The summed E-state index contributed by atoms with van der Waals surface area (Å²) >= 11 is 1.60. The summed E-state index contributed by atoms with van der Waals surface area (Å²) in [4.78, 5) is 13.0. The Kier molecular flexibility index (Phi) is 4.20. The van der Waals surface area contributed by atoms with Gasteiger partial charge in [0.1, 0.15) is 5.78 Å². The standard InChI is InChI=1S/C14H16N2OS/c1-11-5-3-4-6-14(11)18-10-13(17)7-12-8-15-16(2)9-12/h3-6,8-9H,7,10H2,1-2H3. The first-order valence-corrected chi connectivity index (χ1v) is 6.81. The van der Waals surface area contributed by atoms with E-state index in [9.17, 15) is 4.79 Å². The van der Waals surface area contributed by atoms with E-state index in [-0.39, 0.29) is 5.78 Å². The molecule has 94 valence electrons. The Morgan fingerprint density at radius 3 is 2.83 bits per heavy atom. The van der Waals surface area contributed by atoms with E-state index in [0.29, 0.717) is 12.2 Å². The topological polar surface area (TPSA) is 34.9 Å². The summed E-state index contributed by atoms with van der Waals surface area (Å²) in [5.41, 5.74) is 2.20. The van der Waals surface area contributed by atoms with Crippen LogP contribution in [0.5, 0.6) is 0 Å². The smallest absolute Gasteiger partial charge is 0.147 e. The minimum absolute atomic E-state index is 0.233. The van der Waals surface area contributed by atoms with Gasteiger partial charge in [-0.2, -0.15) is 5.10 Å². The van der Waals surface area contributed by atoms with E-state index in [1.165, 1.54) is 10.5 Å². The lowest BCUT2D eigenvalue weighted by Gasteiger charge is -2.03. The Labute approximate surface area is 111 Å². The van der Waals surface area contributed by atoms with Gasteiger partial charge in [0.05, 0.1) is 11.9 Å². The highest BCUT2D eigenvalue weighted by atomic mass is 32.2.